The Balaban J connectivity index is 2.31. The molecule has 0 aromatic heterocycles. The summed E-state index contributed by atoms with van der Waals surface area (Å²) in [6.45, 7) is 5.62. The minimum Gasteiger partial charge on any atom is -0.455 e. The van der Waals surface area contributed by atoms with Gasteiger partial charge < -0.3 is 9.47 Å². The zero-order valence-electron chi connectivity index (χ0n) is 7.72. The molecule has 2 aliphatic heterocycles. The molecule has 0 amide bonds. The molecule has 0 aliphatic carbocycles. The van der Waals surface area contributed by atoms with Crippen LogP contribution in [0.4, 0.5) is 0 Å². The Morgan fingerprint density at radius 3 is 2.75 bits per heavy atom. The number of ether oxygens (including phenoxy) is 2. The van der Waals surface area contributed by atoms with Crippen LogP contribution in [0.25, 0.3) is 0 Å². The Hall–Kier alpha value is -0.570. The number of cyclic esters (lactones) is 1. The van der Waals surface area contributed by atoms with Gasteiger partial charge in [0.25, 0.3) is 0 Å². The molecule has 2 atom stereocenters. The number of hydrogen-bond acceptors (Lipinski definition) is 3. The first-order valence-electron chi connectivity index (χ1n) is 4.35. The normalized spacial score (nSPS) is 44.2. The number of carbonyl (C=O) groups is 1. The van der Waals surface area contributed by atoms with Crippen LogP contribution in [0, 0.1) is 0 Å². The van der Waals surface area contributed by atoms with Crippen LogP contribution in [0.5, 0.6) is 0 Å². The van der Waals surface area contributed by atoms with E-state index in [1.807, 2.05) is 20.8 Å². The molecule has 0 unspecified atom stereocenters. The van der Waals surface area contributed by atoms with Crippen LogP contribution < -0.4 is 0 Å². The van der Waals surface area contributed by atoms with Crippen LogP contribution in [0.2, 0.25) is 0 Å². The molecular weight excluding hydrogens is 156 g/mol. The Morgan fingerprint density at radius 1 is 1.42 bits per heavy atom. The van der Waals surface area contributed by atoms with Gasteiger partial charge in [0.15, 0.2) is 5.60 Å². The second-order valence-electron chi connectivity index (χ2n) is 4.37. The predicted octanol–water partition coefficient (Wildman–Crippen LogP) is 1.26. The van der Waals surface area contributed by atoms with Gasteiger partial charge in [0.2, 0.25) is 0 Å². The molecule has 2 rings (SSSR count). The van der Waals surface area contributed by atoms with Crippen molar-refractivity contribution < 1.29 is 14.3 Å². The third-order valence-electron chi connectivity index (χ3n) is 2.85. The van der Waals surface area contributed by atoms with Gasteiger partial charge in [0.1, 0.15) is 5.60 Å². The van der Waals surface area contributed by atoms with Crippen molar-refractivity contribution in [2.75, 3.05) is 0 Å². The predicted molar refractivity (Wildman–Crippen MR) is 42.7 cm³/mol. The van der Waals surface area contributed by atoms with Gasteiger partial charge in [-0.15, -0.1) is 0 Å². The molecule has 0 radical (unpaired) electrons. The number of carbonyl (C=O) groups excluding carboxylic acids is 1. The van der Waals surface area contributed by atoms with Crippen LogP contribution in [0.3, 0.4) is 0 Å². The molecule has 2 fully saturated rings. The molecule has 0 saturated carbocycles. The third kappa shape index (κ3) is 0.891. The van der Waals surface area contributed by atoms with E-state index in [1.54, 1.807) is 0 Å². The lowest BCUT2D eigenvalue weighted by atomic mass is 9.99. The maximum atomic E-state index is 11.4. The van der Waals surface area contributed by atoms with Gasteiger partial charge >= 0.3 is 5.97 Å². The lowest BCUT2D eigenvalue weighted by molar-refractivity contribution is -0.223. The maximum absolute atomic E-state index is 11.4. The first kappa shape index (κ1) is 8.05. The van der Waals surface area contributed by atoms with Gasteiger partial charge in [-0.3, -0.25) is 0 Å². The maximum Gasteiger partial charge on any atom is 0.338 e. The molecule has 0 aromatic rings. The topological polar surface area (TPSA) is 35.5 Å². The van der Waals surface area contributed by atoms with Gasteiger partial charge in [-0.2, -0.15) is 0 Å². The molecule has 2 saturated heterocycles. The molecule has 12 heavy (non-hydrogen) atoms. The highest BCUT2D eigenvalue weighted by Crippen LogP contribution is 2.42. The summed E-state index contributed by atoms with van der Waals surface area (Å²) < 4.78 is 10.9. The quantitative estimate of drug-likeness (QED) is 0.513. The highest BCUT2D eigenvalue weighted by Gasteiger charge is 2.55. The largest absolute Gasteiger partial charge is 0.455 e. The Morgan fingerprint density at radius 2 is 2.08 bits per heavy atom. The molecular formula is C9H14O3. The van der Waals surface area contributed by atoms with Crippen LogP contribution in [0.1, 0.15) is 33.6 Å². The first-order chi connectivity index (χ1) is 5.44. The van der Waals surface area contributed by atoms with Gasteiger partial charge in [0.05, 0.1) is 6.10 Å². The highest BCUT2D eigenvalue weighted by molar-refractivity contribution is 5.80. The van der Waals surface area contributed by atoms with E-state index in [0.717, 1.165) is 12.8 Å². The smallest absolute Gasteiger partial charge is 0.338 e. The average Bonchev–Trinajstić information content (AvgIpc) is 2.28. The zero-order valence-corrected chi connectivity index (χ0v) is 7.72. The lowest BCUT2D eigenvalue weighted by Crippen LogP contribution is -2.52. The van der Waals surface area contributed by atoms with Crippen LogP contribution in [-0.4, -0.2) is 23.3 Å². The van der Waals surface area contributed by atoms with E-state index in [4.69, 9.17) is 9.47 Å². The Labute approximate surface area is 72.0 Å². The third-order valence-corrected chi connectivity index (χ3v) is 2.85. The fourth-order valence-electron chi connectivity index (χ4n) is 1.89. The summed E-state index contributed by atoms with van der Waals surface area (Å²) in [5.74, 6) is -0.207. The Kier molecular flexibility index (Phi) is 1.35. The Bertz CT molecular complexity index is 234. The number of esters is 1. The first-order valence-corrected chi connectivity index (χ1v) is 4.35. The summed E-state index contributed by atoms with van der Waals surface area (Å²) in [6.07, 6.45) is 1.80. The monoisotopic (exact) mass is 170 g/mol. The zero-order chi connectivity index (χ0) is 8.98. The molecule has 0 N–H and O–H groups in total. The molecule has 2 heterocycles. The van der Waals surface area contributed by atoms with Crippen LogP contribution in [0.15, 0.2) is 0 Å². The van der Waals surface area contributed by atoms with Gasteiger partial charge in [-0.25, -0.2) is 4.79 Å². The van der Waals surface area contributed by atoms with Gasteiger partial charge in [-0.1, -0.05) is 0 Å². The van der Waals surface area contributed by atoms with Crippen molar-refractivity contribution in [3.63, 3.8) is 0 Å². The van der Waals surface area contributed by atoms with Crippen molar-refractivity contribution in [1.29, 1.82) is 0 Å². The van der Waals surface area contributed by atoms with Gasteiger partial charge in [0, 0.05) is 0 Å². The summed E-state index contributed by atoms with van der Waals surface area (Å²) in [6, 6.07) is 0. The minimum atomic E-state index is -0.653. The summed E-state index contributed by atoms with van der Waals surface area (Å²) >= 11 is 0. The molecule has 68 valence electrons. The number of fused-ring (bicyclic) bond motifs is 2. The standard InChI is InChI=1S/C9H14O3/c1-8(2)6-4-5-9(3,11-6)7(10)12-8/h6H,4-5H2,1-3H3/t6-,9+/m1/s1. The minimum absolute atomic E-state index is 0.0835. The molecule has 2 aliphatic rings. The molecule has 0 aromatic carbocycles. The lowest BCUT2D eigenvalue weighted by Gasteiger charge is -2.39. The molecule has 3 heteroatoms. The van der Waals surface area contributed by atoms with Gasteiger partial charge in [-0.05, 0) is 33.6 Å². The summed E-state index contributed by atoms with van der Waals surface area (Å²) in [4.78, 5) is 11.4. The van der Waals surface area contributed by atoms with E-state index < -0.39 is 11.2 Å². The van der Waals surface area contributed by atoms with E-state index in [9.17, 15) is 4.79 Å². The van der Waals surface area contributed by atoms with Crippen molar-refractivity contribution >= 4 is 5.97 Å². The number of hydrogen-bond donors (Lipinski definition) is 0. The number of rotatable bonds is 0. The summed E-state index contributed by atoms with van der Waals surface area (Å²) in [5.41, 5.74) is -1.09. The van der Waals surface area contributed by atoms with Crippen LogP contribution in [-0.2, 0) is 14.3 Å². The van der Waals surface area contributed by atoms with E-state index in [-0.39, 0.29) is 12.1 Å². The fourth-order valence-corrected chi connectivity index (χ4v) is 1.89. The van der Waals surface area contributed by atoms with Crippen molar-refractivity contribution in [2.45, 2.75) is 50.9 Å². The van der Waals surface area contributed by atoms with E-state index >= 15 is 0 Å². The van der Waals surface area contributed by atoms with E-state index in [2.05, 4.69) is 0 Å². The van der Waals surface area contributed by atoms with Crippen molar-refractivity contribution in [2.24, 2.45) is 0 Å². The van der Waals surface area contributed by atoms with Crippen molar-refractivity contribution in [1.82, 2.24) is 0 Å². The fraction of sp³-hybridized carbons (Fsp3) is 0.889. The average molecular weight is 170 g/mol. The molecule has 3 nitrogen and oxygen atoms in total. The molecule has 0 spiro atoms. The summed E-state index contributed by atoms with van der Waals surface area (Å²) in [7, 11) is 0. The van der Waals surface area contributed by atoms with E-state index in [1.165, 1.54) is 0 Å². The highest BCUT2D eigenvalue weighted by atomic mass is 16.6. The van der Waals surface area contributed by atoms with E-state index in [0.29, 0.717) is 0 Å². The summed E-state index contributed by atoms with van der Waals surface area (Å²) in [5, 5.41) is 0. The van der Waals surface area contributed by atoms with Crippen molar-refractivity contribution in [3.05, 3.63) is 0 Å². The van der Waals surface area contributed by atoms with Crippen molar-refractivity contribution in [3.8, 4) is 0 Å². The van der Waals surface area contributed by atoms with Crippen LogP contribution >= 0.6 is 0 Å². The molecule has 2 bridgehead atoms. The second kappa shape index (κ2) is 2.02. The second-order valence-corrected chi connectivity index (χ2v) is 4.37. The SMILES string of the molecule is CC1(C)OC(=O)[C@]2(C)CC[C@H]1O2.